The number of ketones is 1. The quantitative estimate of drug-likeness (QED) is 0.201. The average Bonchev–Trinajstić information content (AvgIpc) is 2.71. The van der Waals surface area contributed by atoms with Crippen molar-refractivity contribution in [3.8, 4) is 0 Å². The molecule has 1 rings (SSSR count). The Labute approximate surface area is 212 Å². The van der Waals surface area contributed by atoms with Gasteiger partial charge in [0.1, 0.15) is 0 Å². The Morgan fingerprint density at radius 2 is 1.30 bits per heavy atom. The third kappa shape index (κ3) is 12.9. The molecule has 0 aliphatic heterocycles. The molecule has 174 valence electrons. The number of Topliss-reactive ketones (excluding diaryl/α,β-unsaturated/α-hetero) is 1. The zero-order chi connectivity index (χ0) is 21.3. The van der Waals surface area contributed by atoms with Crippen LogP contribution < -0.4 is 17.0 Å². The topological polar surface area (TPSA) is 55.8 Å². The van der Waals surface area contributed by atoms with Gasteiger partial charge in [0.15, 0.2) is 11.4 Å². The Hall–Kier alpha value is 0.216. The van der Waals surface area contributed by atoms with E-state index in [-0.39, 0.29) is 51.6 Å². The van der Waals surface area contributed by atoms with Crippen LogP contribution >= 0.6 is 0 Å². The number of unbranched alkanes of at least 4 members (excludes halogenated alkanes) is 8. The van der Waals surface area contributed by atoms with Crippen molar-refractivity contribution >= 4 is 28.8 Å². The second kappa shape index (κ2) is 22.4. The molecule has 0 fully saturated rings. The van der Waals surface area contributed by atoms with Crippen molar-refractivity contribution in [2.45, 2.75) is 117 Å². The molecule has 4 nitrogen and oxygen atoms in total. The summed E-state index contributed by atoms with van der Waals surface area (Å²) in [4.78, 5) is 12.3. The van der Waals surface area contributed by atoms with Gasteiger partial charge in [-0.1, -0.05) is 79.1 Å². The molecule has 0 spiro atoms. The third-order valence-corrected chi connectivity index (χ3v) is 4.90. The summed E-state index contributed by atoms with van der Waals surface area (Å²) in [5.41, 5.74) is -1.44. The van der Waals surface area contributed by atoms with E-state index in [1.54, 1.807) is 0 Å². The molecule has 0 heterocycles. The molecule has 1 aliphatic carbocycles. The second-order valence-corrected chi connectivity index (χ2v) is 7.62. The number of carbonyl (C=O) groups is 1. The zero-order valence-electron chi connectivity index (χ0n) is 20.1. The first-order valence-corrected chi connectivity index (χ1v) is 11.6. The van der Waals surface area contributed by atoms with Crippen LogP contribution in [0.5, 0.6) is 0 Å². The van der Waals surface area contributed by atoms with Crippen LogP contribution in [-0.4, -0.2) is 52.8 Å². The van der Waals surface area contributed by atoms with E-state index in [2.05, 4.69) is 34.6 Å². The zero-order valence-corrected chi connectivity index (χ0v) is 23.1. The number of halogens is 1. The first kappa shape index (κ1) is 34.8. The van der Waals surface area contributed by atoms with Crippen molar-refractivity contribution in [3.05, 3.63) is 18.4 Å². The van der Waals surface area contributed by atoms with E-state index in [9.17, 15) is 9.90 Å². The molecule has 0 saturated heterocycles. The Bertz CT molecular complexity index is 439. The predicted molar refractivity (Wildman–Crippen MR) is 123 cm³/mol. The summed E-state index contributed by atoms with van der Waals surface area (Å²) in [6.07, 6.45) is 13.5. The molecule has 0 aromatic carbocycles. The van der Waals surface area contributed by atoms with Crippen LogP contribution in [-0.2, 0) is 14.3 Å². The molecule has 0 bridgehead atoms. The summed E-state index contributed by atoms with van der Waals surface area (Å²) in [6.45, 7) is 13.3. The van der Waals surface area contributed by atoms with Crippen LogP contribution in [0.15, 0.2) is 11.5 Å². The summed E-state index contributed by atoms with van der Waals surface area (Å²) in [7, 11) is 0. The maximum atomic E-state index is 12.3. The number of hydrogen-bond donors (Lipinski definition) is 1. The maximum absolute atomic E-state index is 12.3. The largest absolute Gasteiger partial charge is 2.00 e. The van der Waals surface area contributed by atoms with E-state index in [0.717, 1.165) is 57.8 Å². The number of rotatable bonds is 16. The Morgan fingerprint density at radius 1 is 0.800 bits per heavy atom. The van der Waals surface area contributed by atoms with Crippen molar-refractivity contribution < 1.29 is 36.4 Å². The molecule has 1 N–H and O–H groups in total. The Kier molecular flexibility index (Phi) is 26.0. The first-order chi connectivity index (χ1) is 13.5. The van der Waals surface area contributed by atoms with E-state index in [1.165, 1.54) is 19.3 Å². The first-order valence-electron chi connectivity index (χ1n) is 11.6. The molecular weight excluding hydrogens is 456 g/mol. The van der Waals surface area contributed by atoms with Gasteiger partial charge in [0.2, 0.25) is 11.5 Å². The molecular formula is C24H45BrMgO4. The van der Waals surface area contributed by atoms with E-state index in [1.807, 2.05) is 0 Å². The molecule has 0 amide bonds. The number of carbonyl (C=O) groups excluding carboxylic acids is 1. The molecule has 1 aliphatic rings. The normalized spacial score (nSPS) is 17.2. The SMILES string of the molecule is CCCCCCC1(O)C(=O)C(OCCCC)=C1OCCCC.[Br-].[CH2-]CCCCC.[Mg+2]. The van der Waals surface area contributed by atoms with Gasteiger partial charge in [-0.05, 0) is 25.7 Å². The number of hydrogen-bond acceptors (Lipinski definition) is 4. The molecule has 0 aromatic heterocycles. The van der Waals surface area contributed by atoms with Crippen LogP contribution in [0, 0.1) is 6.92 Å². The molecule has 1 atom stereocenters. The van der Waals surface area contributed by atoms with Gasteiger partial charge in [-0.2, -0.15) is 6.42 Å². The molecule has 0 aromatic rings. The van der Waals surface area contributed by atoms with Gasteiger partial charge in [-0.3, -0.25) is 4.79 Å². The summed E-state index contributed by atoms with van der Waals surface area (Å²) < 4.78 is 11.2. The van der Waals surface area contributed by atoms with E-state index in [0.29, 0.717) is 25.4 Å². The number of aliphatic hydroxyl groups is 1. The van der Waals surface area contributed by atoms with Crippen LogP contribution in [0.1, 0.15) is 111 Å². The second-order valence-electron chi connectivity index (χ2n) is 7.62. The summed E-state index contributed by atoms with van der Waals surface area (Å²) in [5.74, 6) is 0.327. The average molecular weight is 502 g/mol. The van der Waals surface area contributed by atoms with Gasteiger partial charge < -0.3 is 38.5 Å². The van der Waals surface area contributed by atoms with Gasteiger partial charge in [0.25, 0.3) is 0 Å². The van der Waals surface area contributed by atoms with Gasteiger partial charge in [-0.15, -0.1) is 0 Å². The van der Waals surface area contributed by atoms with Gasteiger partial charge in [-0.25, -0.2) is 0 Å². The van der Waals surface area contributed by atoms with Crippen molar-refractivity contribution in [1.82, 2.24) is 0 Å². The third-order valence-electron chi connectivity index (χ3n) is 4.90. The standard InChI is InChI=1S/C18H32O4.C6H13.BrH.Mg/c1-4-7-10-11-12-18(20)16(19)15(21-13-8-5-2)17(18)22-14-9-6-3;1-3-5-6-4-2;;/h20H,4-14H2,1-3H3;1,3-6H2,2H3;1H;/q;-1;;+2/p-1. The molecule has 6 heteroatoms. The Balaban J connectivity index is -0.000000799. The monoisotopic (exact) mass is 500 g/mol. The minimum Gasteiger partial charge on any atom is -1.00 e. The minimum absolute atomic E-state index is 0. The minimum atomic E-state index is -1.44. The van der Waals surface area contributed by atoms with Crippen molar-refractivity contribution in [3.63, 3.8) is 0 Å². The van der Waals surface area contributed by atoms with Crippen LogP contribution in [0.4, 0.5) is 0 Å². The maximum Gasteiger partial charge on any atom is 2.00 e. The fourth-order valence-electron chi connectivity index (χ4n) is 2.93. The van der Waals surface area contributed by atoms with E-state index < -0.39 is 5.60 Å². The molecule has 0 saturated carbocycles. The fourth-order valence-corrected chi connectivity index (χ4v) is 2.93. The van der Waals surface area contributed by atoms with Crippen molar-refractivity contribution in [2.75, 3.05) is 13.2 Å². The summed E-state index contributed by atoms with van der Waals surface area (Å²) >= 11 is 0. The van der Waals surface area contributed by atoms with E-state index in [4.69, 9.17) is 9.47 Å². The Morgan fingerprint density at radius 3 is 1.77 bits per heavy atom. The number of ether oxygens (including phenoxy) is 2. The van der Waals surface area contributed by atoms with Gasteiger partial charge in [0.05, 0.1) is 13.2 Å². The fraction of sp³-hybridized carbons (Fsp3) is 0.833. The van der Waals surface area contributed by atoms with Crippen LogP contribution in [0.25, 0.3) is 0 Å². The summed E-state index contributed by atoms with van der Waals surface area (Å²) in [6, 6.07) is 0. The van der Waals surface area contributed by atoms with Crippen LogP contribution in [0.2, 0.25) is 0 Å². The van der Waals surface area contributed by atoms with Gasteiger partial charge in [0, 0.05) is 0 Å². The predicted octanol–water partition coefficient (Wildman–Crippen LogP) is 3.14. The molecule has 0 radical (unpaired) electrons. The smallest absolute Gasteiger partial charge is 1.00 e. The summed E-state index contributed by atoms with van der Waals surface area (Å²) in [5, 5.41) is 10.7. The van der Waals surface area contributed by atoms with Crippen molar-refractivity contribution in [2.24, 2.45) is 0 Å². The molecule has 30 heavy (non-hydrogen) atoms. The molecule has 1 unspecified atom stereocenters. The van der Waals surface area contributed by atoms with E-state index >= 15 is 0 Å². The van der Waals surface area contributed by atoms with Crippen molar-refractivity contribution in [1.29, 1.82) is 0 Å². The van der Waals surface area contributed by atoms with Crippen LogP contribution in [0.3, 0.4) is 0 Å². The van der Waals surface area contributed by atoms with Gasteiger partial charge >= 0.3 is 23.1 Å².